The molecule has 2 aromatic heterocycles. The highest BCUT2D eigenvalue weighted by molar-refractivity contribution is 5.94. The fraction of sp³-hybridized carbons (Fsp3) is 0.133. The Kier molecular flexibility index (Phi) is 3.15. The van der Waals surface area contributed by atoms with Crippen LogP contribution in [0.4, 0.5) is 0 Å². The van der Waals surface area contributed by atoms with Crippen LogP contribution in [-0.4, -0.2) is 26.0 Å². The SMILES string of the molecule is CC1=CC(O)(c2cccnc2)N(C(=O)c2ccncc2)N1. The van der Waals surface area contributed by atoms with Crippen LogP contribution in [-0.2, 0) is 5.72 Å². The Morgan fingerprint density at radius 3 is 2.67 bits per heavy atom. The molecule has 0 aromatic carbocycles. The molecule has 0 bridgehead atoms. The molecular formula is C15H14N4O2. The van der Waals surface area contributed by atoms with Gasteiger partial charge in [0.1, 0.15) is 0 Å². The van der Waals surface area contributed by atoms with Gasteiger partial charge in [0.2, 0.25) is 5.72 Å². The highest BCUT2D eigenvalue weighted by Crippen LogP contribution is 2.32. The van der Waals surface area contributed by atoms with E-state index in [1.807, 2.05) is 0 Å². The lowest BCUT2D eigenvalue weighted by molar-refractivity contribution is -0.0605. The van der Waals surface area contributed by atoms with Crippen LogP contribution in [0.5, 0.6) is 0 Å². The van der Waals surface area contributed by atoms with E-state index in [1.54, 1.807) is 43.5 Å². The summed E-state index contributed by atoms with van der Waals surface area (Å²) in [7, 11) is 0. The van der Waals surface area contributed by atoms with Crippen LogP contribution < -0.4 is 5.43 Å². The zero-order valence-corrected chi connectivity index (χ0v) is 11.4. The second-order valence-corrected chi connectivity index (χ2v) is 4.78. The number of carbonyl (C=O) groups is 1. The maximum atomic E-state index is 12.6. The fourth-order valence-electron chi connectivity index (χ4n) is 2.28. The van der Waals surface area contributed by atoms with Crippen molar-refractivity contribution in [2.45, 2.75) is 12.6 Å². The van der Waals surface area contributed by atoms with Crippen molar-refractivity contribution < 1.29 is 9.90 Å². The Labute approximate surface area is 121 Å². The lowest BCUT2D eigenvalue weighted by Crippen LogP contribution is -2.50. The van der Waals surface area contributed by atoms with E-state index in [0.717, 1.165) is 0 Å². The number of rotatable bonds is 2. The van der Waals surface area contributed by atoms with E-state index in [2.05, 4.69) is 15.4 Å². The van der Waals surface area contributed by atoms with Gasteiger partial charge in [0.15, 0.2) is 0 Å². The number of carbonyl (C=O) groups excluding carboxylic acids is 1. The molecule has 0 saturated carbocycles. The first-order valence-electron chi connectivity index (χ1n) is 6.45. The molecule has 1 unspecified atom stereocenters. The Morgan fingerprint density at radius 1 is 1.24 bits per heavy atom. The van der Waals surface area contributed by atoms with Crippen molar-refractivity contribution in [1.29, 1.82) is 0 Å². The zero-order valence-electron chi connectivity index (χ0n) is 11.4. The van der Waals surface area contributed by atoms with Crippen molar-refractivity contribution in [2.75, 3.05) is 0 Å². The predicted molar refractivity (Wildman–Crippen MR) is 75.4 cm³/mol. The molecule has 1 aliphatic rings. The number of pyridine rings is 2. The zero-order chi connectivity index (χ0) is 14.9. The molecule has 1 amide bonds. The number of hydrogen-bond acceptors (Lipinski definition) is 5. The van der Waals surface area contributed by atoms with E-state index in [0.29, 0.717) is 16.8 Å². The van der Waals surface area contributed by atoms with Gasteiger partial charge in [-0.05, 0) is 31.2 Å². The van der Waals surface area contributed by atoms with Gasteiger partial charge in [-0.2, -0.15) is 0 Å². The minimum atomic E-state index is -1.57. The summed E-state index contributed by atoms with van der Waals surface area (Å²) in [6.07, 6.45) is 7.80. The first kappa shape index (κ1) is 13.3. The quantitative estimate of drug-likeness (QED) is 0.865. The minimum Gasteiger partial charge on any atom is -0.362 e. The van der Waals surface area contributed by atoms with Gasteiger partial charge in [0.05, 0.1) is 0 Å². The van der Waals surface area contributed by atoms with Crippen molar-refractivity contribution >= 4 is 5.91 Å². The predicted octanol–water partition coefficient (Wildman–Crippen LogP) is 1.19. The molecule has 3 heterocycles. The van der Waals surface area contributed by atoms with Gasteiger partial charge in [0, 0.05) is 41.6 Å². The van der Waals surface area contributed by atoms with Crippen molar-refractivity contribution in [1.82, 2.24) is 20.4 Å². The monoisotopic (exact) mass is 282 g/mol. The average Bonchev–Trinajstić information content (AvgIpc) is 2.84. The standard InChI is InChI=1S/C15H14N4O2/c1-11-9-15(21,13-3-2-6-17-10-13)19(18-11)14(20)12-4-7-16-8-5-12/h2-10,18,21H,1H3. The highest BCUT2D eigenvalue weighted by Gasteiger charge is 2.43. The van der Waals surface area contributed by atoms with E-state index < -0.39 is 5.72 Å². The highest BCUT2D eigenvalue weighted by atomic mass is 16.3. The number of allylic oxidation sites excluding steroid dienone is 1. The van der Waals surface area contributed by atoms with Gasteiger partial charge in [-0.1, -0.05) is 6.07 Å². The van der Waals surface area contributed by atoms with Crippen LogP contribution in [0.2, 0.25) is 0 Å². The lowest BCUT2D eigenvalue weighted by Gasteiger charge is -2.32. The van der Waals surface area contributed by atoms with Crippen molar-refractivity contribution in [3.8, 4) is 0 Å². The third-order valence-electron chi connectivity index (χ3n) is 3.26. The molecule has 106 valence electrons. The van der Waals surface area contributed by atoms with E-state index in [1.165, 1.54) is 23.6 Å². The number of nitrogens with one attached hydrogen (secondary N) is 1. The van der Waals surface area contributed by atoms with E-state index in [4.69, 9.17) is 0 Å². The van der Waals surface area contributed by atoms with Crippen LogP contribution in [0.15, 0.2) is 60.8 Å². The largest absolute Gasteiger partial charge is 0.362 e. The minimum absolute atomic E-state index is 0.350. The molecule has 2 aromatic rings. The first-order chi connectivity index (χ1) is 10.1. The fourth-order valence-corrected chi connectivity index (χ4v) is 2.28. The smallest absolute Gasteiger partial charge is 0.275 e. The number of hydrogen-bond donors (Lipinski definition) is 2. The molecule has 1 aliphatic heterocycles. The van der Waals surface area contributed by atoms with E-state index in [-0.39, 0.29) is 5.91 Å². The number of aromatic nitrogens is 2. The average molecular weight is 282 g/mol. The van der Waals surface area contributed by atoms with Crippen molar-refractivity contribution in [2.24, 2.45) is 0 Å². The molecule has 0 spiro atoms. The molecular weight excluding hydrogens is 268 g/mol. The topological polar surface area (TPSA) is 78.4 Å². The first-order valence-corrected chi connectivity index (χ1v) is 6.45. The number of hydrazine groups is 1. The third-order valence-corrected chi connectivity index (χ3v) is 3.26. The maximum Gasteiger partial charge on any atom is 0.275 e. The summed E-state index contributed by atoms with van der Waals surface area (Å²) in [5.41, 5.74) is 2.95. The molecule has 3 rings (SSSR count). The molecule has 21 heavy (non-hydrogen) atoms. The maximum absolute atomic E-state index is 12.6. The normalized spacial score (nSPS) is 20.9. The van der Waals surface area contributed by atoms with Gasteiger partial charge >= 0.3 is 0 Å². The Bertz CT molecular complexity index is 687. The third kappa shape index (κ3) is 2.25. The van der Waals surface area contributed by atoms with Crippen LogP contribution in [0.1, 0.15) is 22.8 Å². The summed E-state index contributed by atoms with van der Waals surface area (Å²) in [6.45, 7) is 1.78. The molecule has 1 atom stereocenters. The molecule has 2 N–H and O–H groups in total. The summed E-state index contributed by atoms with van der Waals surface area (Å²) < 4.78 is 0. The van der Waals surface area contributed by atoms with Gasteiger partial charge < -0.3 is 5.11 Å². The second kappa shape index (κ2) is 4.99. The van der Waals surface area contributed by atoms with Crippen LogP contribution in [0.25, 0.3) is 0 Å². The van der Waals surface area contributed by atoms with Gasteiger partial charge in [-0.15, -0.1) is 0 Å². The van der Waals surface area contributed by atoms with Crippen molar-refractivity contribution in [3.05, 3.63) is 72.0 Å². The van der Waals surface area contributed by atoms with Gasteiger partial charge in [-0.3, -0.25) is 20.2 Å². The van der Waals surface area contributed by atoms with E-state index in [9.17, 15) is 9.90 Å². The molecule has 6 heteroatoms. The second-order valence-electron chi connectivity index (χ2n) is 4.78. The van der Waals surface area contributed by atoms with Gasteiger partial charge in [0.25, 0.3) is 5.91 Å². The van der Waals surface area contributed by atoms with Gasteiger partial charge in [-0.25, -0.2) is 5.01 Å². The summed E-state index contributed by atoms with van der Waals surface area (Å²) in [5, 5.41) is 12.1. The van der Waals surface area contributed by atoms with Crippen LogP contribution in [0.3, 0.4) is 0 Å². The molecule has 0 radical (unpaired) electrons. The van der Waals surface area contributed by atoms with Crippen LogP contribution in [0, 0.1) is 0 Å². The Hall–Kier alpha value is -2.73. The summed E-state index contributed by atoms with van der Waals surface area (Å²) >= 11 is 0. The molecule has 0 aliphatic carbocycles. The van der Waals surface area contributed by atoms with Crippen LogP contribution >= 0.6 is 0 Å². The Morgan fingerprint density at radius 2 is 2.00 bits per heavy atom. The molecule has 6 nitrogen and oxygen atoms in total. The molecule has 0 saturated heterocycles. The Balaban J connectivity index is 2.01. The molecule has 0 fully saturated rings. The number of nitrogens with zero attached hydrogens (tertiary/aromatic N) is 3. The van der Waals surface area contributed by atoms with E-state index >= 15 is 0 Å². The summed E-state index contributed by atoms with van der Waals surface area (Å²) in [5.74, 6) is -0.350. The number of aliphatic hydroxyl groups is 1. The van der Waals surface area contributed by atoms with Crippen molar-refractivity contribution in [3.63, 3.8) is 0 Å². The lowest BCUT2D eigenvalue weighted by atomic mass is 10.0. The number of amides is 1. The summed E-state index contributed by atoms with van der Waals surface area (Å²) in [4.78, 5) is 20.5. The summed E-state index contributed by atoms with van der Waals surface area (Å²) in [6, 6.07) is 6.63.